The van der Waals surface area contributed by atoms with Crippen molar-refractivity contribution in [1.29, 1.82) is 0 Å². The Hall–Kier alpha value is -2.26. The van der Waals surface area contributed by atoms with Crippen molar-refractivity contribution in [2.75, 3.05) is 25.1 Å². The zero-order chi connectivity index (χ0) is 28.8. The molecule has 6 atom stereocenters. The lowest BCUT2D eigenvalue weighted by atomic mass is 9.65. The van der Waals surface area contributed by atoms with E-state index in [1.165, 1.54) is 0 Å². The molecule has 9 heteroatoms. The average Bonchev–Trinajstić information content (AvgIpc) is 3.40. The summed E-state index contributed by atoms with van der Waals surface area (Å²) in [6.45, 7) is 15.3. The number of nitrogens with zero attached hydrogens (tertiary/aromatic N) is 1. The van der Waals surface area contributed by atoms with Crippen LogP contribution in [0.15, 0.2) is 24.3 Å². The van der Waals surface area contributed by atoms with E-state index >= 15 is 0 Å². The highest BCUT2D eigenvalue weighted by Gasteiger charge is 2.76. The van der Waals surface area contributed by atoms with E-state index in [2.05, 4.69) is 38.3 Å². The lowest BCUT2D eigenvalue weighted by Gasteiger charge is -2.41. The van der Waals surface area contributed by atoms with Gasteiger partial charge in [0.25, 0.3) is 0 Å². The number of amides is 3. The molecule has 1 aromatic rings. The second-order valence-corrected chi connectivity index (χ2v) is 14.8. The van der Waals surface area contributed by atoms with E-state index in [1.54, 1.807) is 28.8 Å². The van der Waals surface area contributed by atoms with Crippen LogP contribution in [0.5, 0.6) is 5.75 Å². The second kappa shape index (κ2) is 11.0. The Morgan fingerprint density at radius 1 is 1.15 bits per heavy atom. The Bertz CT molecular complexity index is 1090. The summed E-state index contributed by atoms with van der Waals surface area (Å²) in [6, 6.07) is 6.55. The van der Waals surface area contributed by atoms with Gasteiger partial charge in [0.05, 0.1) is 23.2 Å². The number of hydrogen-bond acceptors (Lipinski definition) is 6. The number of carbonyl (C=O) groups is 3. The van der Waals surface area contributed by atoms with Gasteiger partial charge in [-0.05, 0) is 75.6 Å². The molecular formula is C30H45N3O5S. The Morgan fingerprint density at radius 2 is 1.82 bits per heavy atom. The van der Waals surface area contributed by atoms with E-state index < -0.39 is 28.2 Å². The van der Waals surface area contributed by atoms with Crippen LogP contribution in [0.4, 0.5) is 5.69 Å². The molecule has 0 saturated carbocycles. The van der Waals surface area contributed by atoms with Crippen LogP contribution in [0.25, 0.3) is 0 Å². The standard InChI is InChI=1S/C30H45N3O5S/c1-8-38-20-12-10-19(11-13-20)31-25(35)22-21-16-18(2)30(39-21)23(22)27(37)33(14-9-15-34)24(30)26(36)32-29(6,7)17-28(3,4)5/h10-13,18,21-24,34H,8-9,14-17H2,1-7H3,(H,31,35)(H,32,36)/t18?,21-,22+,23+,24?,30?/m1/s1. The zero-order valence-electron chi connectivity index (χ0n) is 24.4. The topological polar surface area (TPSA) is 108 Å². The molecule has 3 aliphatic rings. The molecule has 3 aliphatic heterocycles. The minimum absolute atomic E-state index is 0.0115. The fourth-order valence-corrected chi connectivity index (χ4v) is 9.82. The average molecular weight is 560 g/mol. The summed E-state index contributed by atoms with van der Waals surface area (Å²) in [5.41, 5.74) is 0.196. The quantitative estimate of drug-likeness (QED) is 0.399. The highest BCUT2D eigenvalue weighted by Crippen LogP contribution is 2.68. The molecule has 3 amide bonds. The maximum Gasteiger partial charge on any atom is 0.244 e. The van der Waals surface area contributed by atoms with Crippen molar-refractivity contribution in [3.63, 3.8) is 0 Å². The van der Waals surface area contributed by atoms with E-state index in [0.29, 0.717) is 18.7 Å². The molecule has 3 fully saturated rings. The predicted molar refractivity (Wildman–Crippen MR) is 155 cm³/mol. The first kappa shape index (κ1) is 29.7. The van der Waals surface area contributed by atoms with Gasteiger partial charge in [-0.15, -0.1) is 11.8 Å². The van der Waals surface area contributed by atoms with Crippen LogP contribution in [0.2, 0.25) is 0 Å². The molecule has 1 aromatic carbocycles. The summed E-state index contributed by atoms with van der Waals surface area (Å²) < 4.78 is 4.82. The maximum absolute atomic E-state index is 14.1. The monoisotopic (exact) mass is 559 g/mol. The van der Waals surface area contributed by atoms with Gasteiger partial charge < -0.3 is 25.4 Å². The minimum atomic E-state index is -0.686. The number of benzene rings is 1. The van der Waals surface area contributed by atoms with Crippen molar-refractivity contribution in [3.05, 3.63) is 24.3 Å². The van der Waals surface area contributed by atoms with Crippen LogP contribution in [-0.2, 0) is 14.4 Å². The van der Waals surface area contributed by atoms with Gasteiger partial charge in [-0.3, -0.25) is 14.4 Å². The van der Waals surface area contributed by atoms with Gasteiger partial charge in [-0.25, -0.2) is 0 Å². The molecule has 39 heavy (non-hydrogen) atoms. The summed E-state index contributed by atoms with van der Waals surface area (Å²) in [6.07, 6.45) is 1.94. The summed E-state index contributed by atoms with van der Waals surface area (Å²) >= 11 is 1.66. The van der Waals surface area contributed by atoms with Gasteiger partial charge in [0.1, 0.15) is 11.8 Å². The number of aliphatic hydroxyl groups is 1. The van der Waals surface area contributed by atoms with Crippen LogP contribution in [0, 0.1) is 23.2 Å². The Balaban J connectivity index is 1.63. The number of carbonyl (C=O) groups excluding carboxylic acids is 3. The Kier molecular flexibility index (Phi) is 8.35. The number of anilines is 1. The Morgan fingerprint density at radius 3 is 2.41 bits per heavy atom. The first-order chi connectivity index (χ1) is 18.2. The maximum atomic E-state index is 14.1. The zero-order valence-corrected chi connectivity index (χ0v) is 25.2. The molecule has 3 heterocycles. The van der Waals surface area contributed by atoms with Gasteiger partial charge in [-0.1, -0.05) is 27.7 Å². The number of aliphatic hydroxyl groups excluding tert-OH is 1. The molecule has 3 N–H and O–H groups in total. The van der Waals surface area contributed by atoms with E-state index in [4.69, 9.17) is 4.74 Å². The first-order valence-electron chi connectivity index (χ1n) is 14.2. The number of likely N-dealkylation sites (tertiary alicyclic amines) is 1. The molecule has 0 aliphatic carbocycles. The van der Waals surface area contributed by atoms with Crippen LogP contribution >= 0.6 is 11.8 Å². The predicted octanol–water partition coefficient (Wildman–Crippen LogP) is 4.07. The Labute approximate surface area is 237 Å². The van der Waals surface area contributed by atoms with E-state index in [0.717, 1.165) is 18.6 Å². The third-order valence-corrected chi connectivity index (χ3v) is 10.3. The van der Waals surface area contributed by atoms with Crippen molar-refractivity contribution < 1.29 is 24.2 Å². The van der Waals surface area contributed by atoms with E-state index in [1.807, 2.05) is 32.9 Å². The summed E-state index contributed by atoms with van der Waals surface area (Å²) in [7, 11) is 0. The number of ether oxygens (including phenoxy) is 1. The van der Waals surface area contributed by atoms with Crippen molar-refractivity contribution in [2.45, 2.75) is 89.3 Å². The SMILES string of the molecule is CCOc1ccc(NC(=O)[C@@H]2[C@H]3C(=O)N(CCCO)C(C(=O)NC(C)(C)CC(C)(C)C)C34S[C@@H]2CC4C)cc1. The fraction of sp³-hybridized carbons (Fsp3) is 0.700. The smallest absolute Gasteiger partial charge is 0.244 e. The van der Waals surface area contributed by atoms with Gasteiger partial charge in [0.15, 0.2) is 0 Å². The molecule has 8 nitrogen and oxygen atoms in total. The summed E-state index contributed by atoms with van der Waals surface area (Å²) in [4.78, 5) is 43.5. The molecule has 0 radical (unpaired) electrons. The summed E-state index contributed by atoms with van der Waals surface area (Å²) in [5, 5.41) is 15.8. The third kappa shape index (κ3) is 5.67. The summed E-state index contributed by atoms with van der Waals surface area (Å²) in [5.74, 6) is -0.776. The molecule has 3 saturated heterocycles. The van der Waals surface area contributed by atoms with Crippen molar-refractivity contribution in [2.24, 2.45) is 23.2 Å². The lowest BCUT2D eigenvalue weighted by Crippen LogP contribution is -2.60. The lowest BCUT2D eigenvalue weighted by molar-refractivity contribution is -0.139. The van der Waals surface area contributed by atoms with Crippen LogP contribution < -0.4 is 15.4 Å². The van der Waals surface area contributed by atoms with Crippen LogP contribution in [0.3, 0.4) is 0 Å². The fourth-order valence-electron chi connectivity index (χ4n) is 7.40. The molecule has 2 bridgehead atoms. The number of hydrogen-bond donors (Lipinski definition) is 3. The van der Waals surface area contributed by atoms with Crippen LogP contribution in [-0.4, -0.2) is 69.1 Å². The highest BCUT2D eigenvalue weighted by atomic mass is 32.2. The van der Waals surface area contributed by atoms with Crippen LogP contribution in [0.1, 0.15) is 67.7 Å². The molecule has 4 rings (SSSR count). The molecule has 216 valence electrons. The van der Waals surface area contributed by atoms with Crippen molar-refractivity contribution in [1.82, 2.24) is 10.2 Å². The van der Waals surface area contributed by atoms with Gasteiger partial charge in [0, 0.05) is 29.6 Å². The molecule has 0 aromatic heterocycles. The second-order valence-electron chi connectivity index (χ2n) is 13.2. The van der Waals surface area contributed by atoms with Crippen molar-refractivity contribution >= 4 is 35.2 Å². The van der Waals surface area contributed by atoms with Crippen molar-refractivity contribution in [3.8, 4) is 5.75 Å². The first-order valence-corrected chi connectivity index (χ1v) is 15.1. The number of rotatable bonds is 10. The number of thioether (sulfide) groups is 1. The van der Waals surface area contributed by atoms with E-state index in [-0.39, 0.29) is 47.5 Å². The number of fused-ring (bicyclic) bond motifs is 1. The highest BCUT2D eigenvalue weighted by molar-refractivity contribution is 8.02. The molecule has 3 unspecified atom stereocenters. The number of nitrogens with one attached hydrogen (secondary N) is 2. The van der Waals surface area contributed by atoms with E-state index in [9.17, 15) is 19.5 Å². The third-order valence-electron chi connectivity index (χ3n) is 8.22. The van der Waals surface area contributed by atoms with Gasteiger partial charge >= 0.3 is 0 Å². The molecule has 1 spiro atoms. The van der Waals surface area contributed by atoms with Gasteiger partial charge in [0.2, 0.25) is 17.7 Å². The molecular weight excluding hydrogens is 514 g/mol. The largest absolute Gasteiger partial charge is 0.494 e. The minimum Gasteiger partial charge on any atom is -0.494 e. The van der Waals surface area contributed by atoms with Gasteiger partial charge in [-0.2, -0.15) is 0 Å². The normalized spacial score (nSPS) is 29.9.